The quantitative estimate of drug-likeness (QED) is 0.927. The lowest BCUT2D eigenvalue weighted by Crippen LogP contribution is -2.28. The highest BCUT2D eigenvalue weighted by Crippen LogP contribution is 2.23. The van der Waals surface area contributed by atoms with Crippen molar-refractivity contribution in [3.05, 3.63) is 65.0 Å². The highest BCUT2D eigenvalue weighted by atomic mass is 19.1. The Labute approximate surface area is 146 Å². The summed E-state index contributed by atoms with van der Waals surface area (Å²) in [5.74, 6) is -1.09. The molecule has 1 heterocycles. The third-order valence-corrected chi connectivity index (χ3v) is 4.54. The molecule has 1 aliphatic heterocycles. The fourth-order valence-electron chi connectivity index (χ4n) is 2.98. The summed E-state index contributed by atoms with van der Waals surface area (Å²) in [6.45, 7) is 4.70. The number of carbonyl (C=O) groups excluding carboxylic acids is 2. The van der Waals surface area contributed by atoms with Crippen LogP contribution in [-0.4, -0.2) is 23.3 Å². The van der Waals surface area contributed by atoms with Crippen LogP contribution in [0.2, 0.25) is 0 Å². The van der Waals surface area contributed by atoms with Crippen molar-refractivity contribution < 1.29 is 14.0 Å². The number of amides is 2. The second-order valence-corrected chi connectivity index (χ2v) is 6.61. The molecule has 1 atom stereocenters. The standard InChI is InChI=1S/C20H21FN2O2/c1-13-3-6-15(7-4-13)11-23-12-16(9-19(23)24)20(25)22-18-10-17(21)8-5-14(18)2/h3-8,10,16H,9,11-12H2,1-2H3,(H,22,25). The molecule has 0 bridgehead atoms. The number of nitrogens with one attached hydrogen (secondary N) is 1. The molecule has 0 spiro atoms. The first-order valence-corrected chi connectivity index (χ1v) is 8.32. The van der Waals surface area contributed by atoms with Gasteiger partial charge in [-0.2, -0.15) is 0 Å². The van der Waals surface area contributed by atoms with Crippen molar-refractivity contribution >= 4 is 17.5 Å². The summed E-state index contributed by atoms with van der Waals surface area (Å²) in [7, 11) is 0. The zero-order chi connectivity index (χ0) is 18.0. The molecule has 1 aliphatic rings. The van der Waals surface area contributed by atoms with Crippen LogP contribution in [0.5, 0.6) is 0 Å². The molecule has 0 radical (unpaired) electrons. The van der Waals surface area contributed by atoms with E-state index in [1.165, 1.54) is 17.7 Å². The predicted octanol–water partition coefficient (Wildman–Crippen LogP) is 3.43. The topological polar surface area (TPSA) is 49.4 Å². The van der Waals surface area contributed by atoms with Crippen LogP contribution in [0.25, 0.3) is 0 Å². The number of halogens is 1. The first-order valence-electron chi connectivity index (χ1n) is 8.32. The van der Waals surface area contributed by atoms with Gasteiger partial charge in [0.25, 0.3) is 0 Å². The van der Waals surface area contributed by atoms with Crippen LogP contribution >= 0.6 is 0 Å². The number of aryl methyl sites for hydroxylation is 2. The molecule has 130 valence electrons. The average molecular weight is 340 g/mol. The molecular weight excluding hydrogens is 319 g/mol. The molecule has 1 unspecified atom stereocenters. The predicted molar refractivity (Wildman–Crippen MR) is 94.5 cm³/mol. The third kappa shape index (κ3) is 4.05. The molecule has 1 saturated heterocycles. The maximum Gasteiger partial charge on any atom is 0.229 e. The maximum absolute atomic E-state index is 13.4. The molecule has 0 aromatic heterocycles. The second kappa shape index (κ2) is 7.05. The van der Waals surface area contributed by atoms with E-state index in [9.17, 15) is 14.0 Å². The number of benzene rings is 2. The van der Waals surface area contributed by atoms with Crippen molar-refractivity contribution in [1.29, 1.82) is 0 Å². The Kier molecular flexibility index (Phi) is 4.83. The normalized spacial score (nSPS) is 17.0. The van der Waals surface area contributed by atoms with Crippen LogP contribution in [0.4, 0.5) is 10.1 Å². The van der Waals surface area contributed by atoms with Crippen LogP contribution in [-0.2, 0) is 16.1 Å². The highest BCUT2D eigenvalue weighted by Gasteiger charge is 2.34. The summed E-state index contributed by atoms with van der Waals surface area (Å²) in [6, 6.07) is 12.3. The summed E-state index contributed by atoms with van der Waals surface area (Å²) >= 11 is 0. The molecule has 0 aliphatic carbocycles. The first-order chi connectivity index (χ1) is 11.9. The maximum atomic E-state index is 13.4. The fourth-order valence-corrected chi connectivity index (χ4v) is 2.98. The SMILES string of the molecule is Cc1ccc(CN2CC(C(=O)Nc3cc(F)ccc3C)CC2=O)cc1. The molecular formula is C20H21FN2O2. The van der Waals surface area contributed by atoms with Gasteiger partial charge in [0, 0.05) is 25.2 Å². The minimum atomic E-state index is -0.416. The molecule has 5 heteroatoms. The van der Waals surface area contributed by atoms with Gasteiger partial charge in [-0.3, -0.25) is 9.59 Å². The molecule has 4 nitrogen and oxygen atoms in total. The first kappa shape index (κ1) is 17.1. The Hall–Kier alpha value is -2.69. The minimum absolute atomic E-state index is 0.0308. The van der Waals surface area contributed by atoms with E-state index >= 15 is 0 Å². The van der Waals surface area contributed by atoms with Crippen LogP contribution in [0.15, 0.2) is 42.5 Å². The van der Waals surface area contributed by atoms with Crippen LogP contribution in [0.3, 0.4) is 0 Å². The van der Waals surface area contributed by atoms with E-state index in [-0.39, 0.29) is 18.2 Å². The molecule has 3 rings (SSSR count). The minimum Gasteiger partial charge on any atom is -0.338 e. The van der Waals surface area contributed by atoms with E-state index in [2.05, 4.69) is 5.32 Å². The van der Waals surface area contributed by atoms with Crippen LogP contribution in [0, 0.1) is 25.6 Å². The summed E-state index contributed by atoms with van der Waals surface area (Å²) in [5.41, 5.74) is 3.45. The van der Waals surface area contributed by atoms with E-state index in [0.717, 1.165) is 11.1 Å². The molecule has 0 saturated carbocycles. The van der Waals surface area contributed by atoms with E-state index in [4.69, 9.17) is 0 Å². The van der Waals surface area contributed by atoms with Crippen LogP contribution < -0.4 is 5.32 Å². The van der Waals surface area contributed by atoms with Crippen molar-refractivity contribution in [1.82, 2.24) is 4.90 Å². The number of hydrogen-bond donors (Lipinski definition) is 1. The number of anilines is 1. The molecule has 2 amide bonds. The van der Waals surface area contributed by atoms with Crippen molar-refractivity contribution in [3.63, 3.8) is 0 Å². The van der Waals surface area contributed by atoms with Gasteiger partial charge in [-0.25, -0.2) is 4.39 Å². The van der Waals surface area contributed by atoms with Crippen LogP contribution in [0.1, 0.15) is 23.1 Å². The Morgan fingerprint density at radius 2 is 1.92 bits per heavy atom. The van der Waals surface area contributed by atoms with Gasteiger partial charge in [0.05, 0.1) is 5.92 Å². The zero-order valence-electron chi connectivity index (χ0n) is 14.4. The lowest BCUT2D eigenvalue weighted by Gasteiger charge is -2.17. The number of hydrogen-bond acceptors (Lipinski definition) is 2. The zero-order valence-corrected chi connectivity index (χ0v) is 14.4. The van der Waals surface area contributed by atoms with Gasteiger partial charge < -0.3 is 10.2 Å². The van der Waals surface area contributed by atoms with Gasteiger partial charge in [0.2, 0.25) is 11.8 Å². The van der Waals surface area contributed by atoms with Crippen molar-refractivity contribution in [2.75, 3.05) is 11.9 Å². The van der Waals surface area contributed by atoms with E-state index < -0.39 is 11.7 Å². The molecule has 25 heavy (non-hydrogen) atoms. The number of rotatable bonds is 4. The Bertz CT molecular complexity index is 802. The Balaban J connectivity index is 1.64. The van der Waals surface area contributed by atoms with Gasteiger partial charge in [0.1, 0.15) is 5.82 Å². The van der Waals surface area contributed by atoms with Crippen molar-refractivity contribution in [2.45, 2.75) is 26.8 Å². The highest BCUT2D eigenvalue weighted by molar-refractivity contribution is 5.97. The van der Waals surface area contributed by atoms with Gasteiger partial charge in [-0.05, 0) is 37.1 Å². The summed E-state index contributed by atoms with van der Waals surface area (Å²) in [4.78, 5) is 26.4. The van der Waals surface area contributed by atoms with Gasteiger partial charge in [-0.15, -0.1) is 0 Å². The second-order valence-electron chi connectivity index (χ2n) is 6.61. The summed E-state index contributed by atoms with van der Waals surface area (Å²) in [6.07, 6.45) is 0.187. The molecule has 1 N–H and O–H groups in total. The molecule has 1 fully saturated rings. The van der Waals surface area contributed by atoms with Gasteiger partial charge in [-0.1, -0.05) is 35.9 Å². The van der Waals surface area contributed by atoms with E-state index in [1.807, 2.05) is 31.2 Å². The smallest absolute Gasteiger partial charge is 0.229 e. The van der Waals surface area contributed by atoms with Crippen molar-refractivity contribution in [2.24, 2.45) is 5.92 Å². The Morgan fingerprint density at radius 1 is 1.20 bits per heavy atom. The molecule has 2 aromatic carbocycles. The monoisotopic (exact) mass is 340 g/mol. The number of nitrogens with zero attached hydrogens (tertiary/aromatic N) is 1. The van der Waals surface area contributed by atoms with E-state index in [0.29, 0.717) is 18.8 Å². The fraction of sp³-hybridized carbons (Fsp3) is 0.300. The summed E-state index contributed by atoms with van der Waals surface area (Å²) < 4.78 is 13.4. The number of carbonyl (C=O) groups is 2. The average Bonchev–Trinajstić information content (AvgIpc) is 2.94. The third-order valence-electron chi connectivity index (χ3n) is 4.54. The van der Waals surface area contributed by atoms with Crippen molar-refractivity contribution in [3.8, 4) is 0 Å². The Morgan fingerprint density at radius 3 is 2.64 bits per heavy atom. The number of likely N-dealkylation sites (tertiary alicyclic amines) is 1. The van der Waals surface area contributed by atoms with Gasteiger partial charge in [0.15, 0.2) is 0 Å². The molecule has 2 aromatic rings. The lowest BCUT2D eigenvalue weighted by molar-refractivity contribution is -0.128. The largest absolute Gasteiger partial charge is 0.338 e. The van der Waals surface area contributed by atoms with Gasteiger partial charge >= 0.3 is 0 Å². The lowest BCUT2D eigenvalue weighted by atomic mass is 10.1. The van der Waals surface area contributed by atoms with E-state index in [1.54, 1.807) is 17.9 Å². The summed E-state index contributed by atoms with van der Waals surface area (Å²) in [5, 5.41) is 2.75.